The van der Waals surface area contributed by atoms with Gasteiger partial charge in [0.2, 0.25) is 0 Å². The number of nitrogens with one attached hydrogen (secondary N) is 2. The minimum atomic E-state index is -1.54. The number of rotatable bonds is 5. The highest BCUT2D eigenvalue weighted by Gasteiger charge is 2.26. The largest absolute Gasteiger partial charge is 0.396 e. The SMILES string of the molecule is Nc1ccc(F)c(C(O)c2c[nH]c3ncnc(NCC4CC4)c23)c1F. The van der Waals surface area contributed by atoms with Crippen molar-refractivity contribution in [3.05, 3.63) is 47.4 Å². The van der Waals surface area contributed by atoms with Gasteiger partial charge in [0.25, 0.3) is 0 Å². The minimum Gasteiger partial charge on any atom is -0.396 e. The Morgan fingerprint density at radius 2 is 2.12 bits per heavy atom. The van der Waals surface area contributed by atoms with Crippen LogP contribution in [0.25, 0.3) is 11.0 Å². The predicted molar refractivity (Wildman–Crippen MR) is 89.9 cm³/mol. The third-order valence-corrected chi connectivity index (χ3v) is 4.48. The van der Waals surface area contributed by atoms with Crippen molar-refractivity contribution in [1.82, 2.24) is 15.0 Å². The van der Waals surface area contributed by atoms with Crippen LogP contribution in [0.4, 0.5) is 20.3 Å². The molecule has 0 saturated heterocycles. The van der Waals surface area contributed by atoms with Gasteiger partial charge in [0, 0.05) is 18.3 Å². The number of aliphatic hydroxyl groups excluding tert-OH is 1. The number of aliphatic hydroxyl groups is 1. The van der Waals surface area contributed by atoms with E-state index in [9.17, 15) is 13.9 Å². The summed E-state index contributed by atoms with van der Waals surface area (Å²) in [5.41, 5.74) is 5.57. The molecule has 1 aromatic carbocycles. The number of aromatic amines is 1. The first kappa shape index (κ1) is 15.8. The van der Waals surface area contributed by atoms with E-state index < -0.39 is 23.3 Å². The highest BCUT2D eigenvalue weighted by atomic mass is 19.1. The van der Waals surface area contributed by atoms with Gasteiger partial charge >= 0.3 is 0 Å². The molecular weight excluding hydrogens is 328 g/mol. The summed E-state index contributed by atoms with van der Waals surface area (Å²) in [7, 11) is 0. The second-order valence-corrected chi connectivity index (χ2v) is 6.28. The van der Waals surface area contributed by atoms with Crippen molar-refractivity contribution >= 4 is 22.5 Å². The van der Waals surface area contributed by atoms with Gasteiger partial charge in [-0.25, -0.2) is 18.7 Å². The summed E-state index contributed by atoms with van der Waals surface area (Å²) in [4.78, 5) is 11.2. The lowest BCUT2D eigenvalue weighted by atomic mass is 10.00. The molecule has 25 heavy (non-hydrogen) atoms. The molecule has 3 aromatic rings. The lowest BCUT2D eigenvalue weighted by Crippen LogP contribution is -2.10. The second-order valence-electron chi connectivity index (χ2n) is 6.28. The minimum absolute atomic E-state index is 0.223. The van der Waals surface area contributed by atoms with Crippen LogP contribution in [0, 0.1) is 17.6 Å². The van der Waals surface area contributed by atoms with Crippen LogP contribution >= 0.6 is 0 Å². The van der Waals surface area contributed by atoms with Gasteiger partial charge < -0.3 is 21.1 Å². The Kier molecular flexibility index (Phi) is 3.76. The van der Waals surface area contributed by atoms with Crippen molar-refractivity contribution in [2.45, 2.75) is 18.9 Å². The average molecular weight is 345 g/mol. The van der Waals surface area contributed by atoms with E-state index >= 15 is 0 Å². The van der Waals surface area contributed by atoms with Gasteiger partial charge in [0.1, 0.15) is 29.7 Å². The van der Waals surface area contributed by atoms with Gasteiger partial charge in [-0.1, -0.05) is 0 Å². The molecule has 2 aromatic heterocycles. The lowest BCUT2D eigenvalue weighted by Gasteiger charge is -2.15. The van der Waals surface area contributed by atoms with Gasteiger partial charge in [0.05, 0.1) is 16.6 Å². The molecule has 1 atom stereocenters. The number of fused-ring (bicyclic) bond motifs is 1. The molecule has 0 radical (unpaired) electrons. The van der Waals surface area contributed by atoms with E-state index in [2.05, 4.69) is 20.3 Å². The maximum absolute atomic E-state index is 14.3. The molecule has 4 rings (SSSR count). The summed E-state index contributed by atoms with van der Waals surface area (Å²) in [5, 5.41) is 14.4. The number of nitrogens with two attached hydrogens (primary N) is 1. The zero-order chi connectivity index (χ0) is 17.6. The highest BCUT2D eigenvalue weighted by Crippen LogP contribution is 2.36. The second kappa shape index (κ2) is 5.96. The van der Waals surface area contributed by atoms with Crippen molar-refractivity contribution < 1.29 is 13.9 Å². The van der Waals surface area contributed by atoms with Crippen LogP contribution in [-0.4, -0.2) is 26.6 Å². The standard InChI is InChI=1S/C17H17F2N5O/c18-10-3-4-11(20)14(19)13(10)15(25)9-6-22-17-12(9)16(23-7-24-17)21-5-8-1-2-8/h3-4,6-8,15,25H,1-2,5,20H2,(H2,21,22,23,24). The monoisotopic (exact) mass is 345 g/mol. The number of benzene rings is 1. The number of halogens is 2. The molecule has 1 unspecified atom stereocenters. The Hall–Kier alpha value is -2.74. The third kappa shape index (κ3) is 2.78. The maximum Gasteiger partial charge on any atom is 0.155 e. The van der Waals surface area contributed by atoms with Crippen LogP contribution < -0.4 is 11.1 Å². The first-order chi connectivity index (χ1) is 12.1. The Morgan fingerprint density at radius 1 is 1.32 bits per heavy atom. The van der Waals surface area contributed by atoms with Crippen LogP contribution in [0.15, 0.2) is 24.7 Å². The molecule has 6 nitrogen and oxygen atoms in total. The fourth-order valence-electron chi connectivity index (χ4n) is 2.89. The van der Waals surface area contributed by atoms with Crippen LogP contribution in [0.1, 0.15) is 30.1 Å². The zero-order valence-electron chi connectivity index (χ0n) is 13.3. The fourth-order valence-corrected chi connectivity index (χ4v) is 2.89. The Labute approximate surface area is 142 Å². The van der Waals surface area contributed by atoms with Crippen molar-refractivity contribution in [2.75, 3.05) is 17.6 Å². The van der Waals surface area contributed by atoms with E-state index in [4.69, 9.17) is 5.73 Å². The van der Waals surface area contributed by atoms with Crippen LogP contribution in [0.3, 0.4) is 0 Å². The number of nitrogens with zero attached hydrogens (tertiary/aromatic N) is 2. The molecule has 5 N–H and O–H groups in total. The molecule has 2 heterocycles. The molecule has 0 spiro atoms. The lowest BCUT2D eigenvalue weighted by molar-refractivity contribution is 0.211. The highest BCUT2D eigenvalue weighted by molar-refractivity contribution is 5.91. The summed E-state index contributed by atoms with van der Waals surface area (Å²) < 4.78 is 28.4. The molecule has 1 aliphatic rings. The van der Waals surface area contributed by atoms with E-state index in [0.29, 0.717) is 22.8 Å². The Bertz CT molecular complexity index is 938. The maximum atomic E-state index is 14.3. The average Bonchev–Trinajstić information content (AvgIpc) is 3.33. The first-order valence-corrected chi connectivity index (χ1v) is 8.03. The van der Waals surface area contributed by atoms with Crippen molar-refractivity contribution in [2.24, 2.45) is 5.92 Å². The summed E-state index contributed by atoms with van der Waals surface area (Å²) in [5.74, 6) is -0.692. The van der Waals surface area contributed by atoms with Gasteiger partial charge in [-0.2, -0.15) is 0 Å². The van der Waals surface area contributed by atoms with E-state index in [1.165, 1.54) is 25.4 Å². The molecule has 0 bridgehead atoms. The number of aromatic nitrogens is 3. The summed E-state index contributed by atoms with van der Waals surface area (Å²) >= 11 is 0. The smallest absolute Gasteiger partial charge is 0.155 e. The molecule has 8 heteroatoms. The van der Waals surface area contributed by atoms with Gasteiger partial charge in [-0.3, -0.25) is 0 Å². The number of hydrogen-bond donors (Lipinski definition) is 4. The number of hydrogen-bond acceptors (Lipinski definition) is 5. The van der Waals surface area contributed by atoms with Gasteiger partial charge in [-0.05, 0) is 30.9 Å². The number of nitrogen functional groups attached to an aromatic ring is 1. The van der Waals surface area contributed by atoms with Crippen LogP contribution in [0.2, 0.25) is 0 Å². The van der Waals surface area contributed by atoms with E-state index in [-0.39, 0.29) is 11.3 Å². The zero-order valence-corrected chi connectivity index (χ0v) is 13.3. The number of H-pyrrole nitrogens is 1. The fraction of sp³-hybridized carbons (Fsp3) is 0.294. The number of anilines is 2. The summed E-state index contributed by atoms with van der Waals surface area (Å²) in [6.07, 6.45) is 3.68. The quantitative estimate of drug-likeness (QED) is 0.533. The topological polar surface area (TPSA) is 99.9 Å². The Morgan fingerprint density at radius 3 is 2.88 bits per heavy atom. The normalized spacial score (nSPS) is 15.5. The summed E-state index contributed by atoms with van der Waals surface area (Å²) in [6, 6.07) is 2.16. The molecule has 1 fully saturated rings. The van der Waals surface area contributed by atoms with Crippen molar-refractivity contribution in [3.63, 3.8) is 0 Å². The van der Waals surface area contributed by atoms with E-state index in [0.717, 1.165) is 18.7 Å². The molecule has 0 aliphatic heterocycles. The third-order valence-electron chi connectivity index (χ3n) is 4.48. The molecule has 0 amide bonds. The predicted octanol–water partition coefficient (Wildman–Crippen LogP) is 2.72. The van der Waals surface area contributed by atoms with Gasteiger partial charge in [0.15, 0.2) is 5.82 Å². The van der Waals surface area contributed by atoms with Crippen molar-refractivity contribution in [3.8, 4) is 0 Å². The van der Waals surface area contributed by atoms with Crippen LogP contribution in [-0.2, 0) is 0 Å². The van der Waals surface area contributed by atoms with Crippen molar-refractivity contribution in [1.29, 1.82) is 0 Å². The Balaban J connectivity index is 1.79. The summed E-state index contributed by atoms with van der Waals surface area (Å²) in [6.45, 7) is 0.758. The van der Waals surface area contributed by atoms with E-state index in [1.54, 1.807) is 0 Å². The molecule has 1 saturated carbocycles. The molecule has 130 valence electrons. The first-order valence-electron chi connectivity index (χ1n) is 8.03. The van der Waals surface area contributed by atoms with Gasteiger partial charge in [-0.15, -0.1) is 0 Å². The molecular formula is C17H17F2N5O. The molecule has 1 aliphatic carbocycles. The van der Waals surface area contributed by atoms with Crippen LogP contribution in [0.5, 0.6) is 0 Å². The van der Waals surface area contributed by atoms with E-state index in [1.807, 2.05) is 0 Å².